The number of hydrogen-bond donors (Lipinski definition) is 2. The van der Waals surface area contributed by atoms with Crippen LogP contribution in [0.5, 0.6) is 0 Å². The molecule has 6 heteroatoms. The van der Waals surface area contributed by atoms with Crippen LogP contribution in [0.4, 0.5) is 0 Å². The van der Waals surface area contributed by atoms with Crippen LogP contribution in [0, 0.1) is 6.92 Å². The molecule has 1 aliphatic heterocycles. The number of hydrogen-bond acceptors (Lipinski definition) is 5. The first-order valence-corrected chi connectivity index (χ1v) is 8.84. The zero-order chi connectivity index (χ0) is 15.5. The monoisotopic (exact) mass is 324 g/mol. The molecule has 0 aromatic carbocycles. The molecular formula is C16H24N2O3S. The zero-order valence-corrected chi connectivity index (χ0v) is 13.8. The molecule has 2 heterocycles. The summed E-state index contributed by atoms with van der Waals surface area (Å²) in [7, 11) is 0. The van der Waals surface area contributed by atoms with Gasteiger partial charge in [0.25, 0.3) is 5.91 Å². The van der Waals surface area contributed by atoms with Crippen LogP contribution in [0.15, 0.2) is 12.1 Å². The number of nitrogens with zero attached hydrogens (tertiary/aromatic N) is 1. The second-order valence-electron chi connectivity index (χ2n) is 6.13. The Hall–Kier alpha value is -0.950. The van der Waals surface area contributed by atoms with Gasteiger partial charge in [0, 0.05) is 24.0 Å². The van der Waals surface area contributed by atoms with Crippen molar-refractivity contribution in [1.82, 2.24) is 10.2 Å². The summed E-state index contributed by atoms with van der Waals surface area (Å²) < 4.78 is 5.39. The van der Waals surface area contributed by atoms with Crippen LogP contribution in [0.1, 0.15) is 33.8 Å². The topological polar surface area (TPSA) is 61.8 Å². The molecule has 1 saturated carbocycles. The summed E-state index contributed by atoms with van der Waals surface area (Å²) in [5.74, 6) is -0.0650. The normalized spacial score (nSPS) is 30.2. The van der Waals surface area contributed by atoms with Crippen LogP contribution in [0.3, 0.4) is 0 Å². The number of aliphatic hydroxyl groups excluding tert-OH is 1. The van der Waals surface area contributed by atoms with Crippen LogP contribution in [0.2, 0.25) is 0 Å². The van der Waals surface area contributed by atoms with E-state index in [0.29, 0.717) is 0 Å². The zero-order valence-electron chi connectivity index (χ0n) is 13.0. The van der Waals surface area contributed by atoms with Crippen molar-refractivity contribution in [2.24, 2.45) is 0 Å². The minimum atomic E-state index is -0.503. The SMILES string of the molecule is Cc1ccc(C(=O)N[C@@H]2CCC[C@@H](N3CCOCC3)[C@@H]2O)s1. The molecule has 5 nitrogen and oxygen atoms in total. The standard InChI is InChI=1S/C16H24N2O3S/c1-11-5-6-14(22-11)16(20)17-12-3-2-4-13(15(12)19)18-7-9-21-10-8-18/h5-6,12-13,15,19H,2-4,7-10H2,1H3,(H,17,20)/t12-,13-,15-/m1/s1. The number of carbonyl (C=O) groups is 1. The van der Waals surface area contributed by atoms with Crippen LogP contribution in [-0.2, 0) is 4.74 Å². The highest BCUT2D eigenvalue weighted by Crippen LogP contribution is 2.25. The van der Waals surface area contributed by atoms with Crippen molar-refractivity contribution in [3.05, 3.63) is 21.9 Å². The molecule has 22 heavy (non-hydrogen) atoms. The van der Waals surface area contributed by atoms with Gasteiger partial charge in [0.05, 0.1) is 30.2 Å². The molecule has 1 saturated heterocycles. The molecule has 122 valence electrons. The number of carbonyl (C=O) groups excluding carboxylic acids is 1. The second kappa shape index (κ2) is 7.08. The number of ether oxygens (including phenoxy) is 1. The lowest BCUT2D eigenvalue weighted by molar-refractivity contribution is -0.0459. The summed E-state index contributed by atoms with van der Waals surface area (Å²) in [6.45, 7) is 5.19. The van der Waals surface area contributed by atoms with Crippen LogP contribution in [-0.4, -0.2) is 60.4 Å². The largest absolute Gasteiger partial charge is 0.389 e. The Labute approximate surface area is 135 Å². The Bertz CT molecular complexity index is 513. The summed E-state index contributed by atoms with van der Waals surface area (Å²) in [6, 6.07) is 3.78. The van der Waals surface area contributed by atoms with Crippen molar-refractivity contribution >= 4 is 17.2 Å². The Balaban J connectivity index is 1.62. The van der Waals surface area contributed by atoms with Gasteiger partial charge in [-0.3, -0.25) is 9.69 Å². The average Bonchev–Trinajstić information content (AvgIpc) is 2.97. The van der Waals surface area contributed by atoms with Gasteiger partial charge >= 0.3 is 0 Å². The van der Waals surface area contributed by atoms with Crippen molar-refractivity contribution in [1.29, 1.82) is 0 Å². The second-order valence-corrected chi connectivity index (χ2v) is 7.42. The summed E-state index contributed by atoms with van der Waals surface area (Å²) in [5.41, 5.74) is 0. The molecule has 1 amide bonds. The van der Waals surface area contributed by atoms with Gasteiger partial charge in [-0.05, 0) is 38.3 Å². The molecule has 0 spiro atoms. The van der Waals surface area contributed by atoms with E-state index < -0.39 is 6.10 Å². The highest BCUT2D eigenvalue weighted by Gasteiger charge is 2.36. The maximum absolute atomic E-state index is 12.3. The van der Waals surface area contributed by atoms with Gasteiger partial charge in [-0.15, -0.1) is 11.3 Å². The Morgan fingerprint density at radius 3 is 2.82 bits per heavy atom. The number of aryl methyl sites for hydroxylation is 1. The number of thiophene rings is 1. The molecule has 2 fully saturated rings. The summed E-state index contributed by atoms with van der Waals surface area (Å²) in [4.78, 5) is 16.5. The van der Waals surface area contributed by atoms with Crippen molar-refractivity contribution in [2.45, 2.75) is 44.4 Å². The van der Waals surface area contributed by atoms with Crippen molar-refractivity contribution in [3.8, 4) is 0 Å². The number of aliphatic hydroxyl groups is 1. The van der Waals surface area contributed by atoms with Gasteiger partial charge in [-0.1, -0.05) is 0 Å². The maximum atomic E-state index is 12.3. The molecule has 3 rings (SSSR count). The van der Waals surface area contributed by atoms with E-state index in [0.717, 1.165) is 55.3 Å². The number of nitrogens with one attached hydrogen (secondary N) is 1. The van der Waals surface area contributed by atoms with Crippen LogP contribution in [0.25, 0.3) is 0 Å². The van der Waals surface area contributed by atoms with Gasteiger partial charge in [0.2, 0.25) is 0 Å². The maximum Gasteiger partial charge on any atom is 0.261 e. The van der Waals surface area contributed by atoms with E-state index in [1.165, 1.54) is 11.3 Å². The number of rotatable bonds is 3. The smallest absolute Gasteiger partial charge is 0.261 e. The lowest BCUT2D eigenvalue weighted by atomic mass is 9.86. The molecular weight excluding hydrogens is 300 g/mol. The molecule has 0 bridgehead atoms. The van der Waals surface area contributed by atoms with E-state index in [9.17, 15) is 9.90 Å². The predicted molar refractivity (Wildman–Crippen MR) is 86.3 cm³/mol. The van der Waals surface area contributed by atoms with Gasteiger partial charge in [-0.25, -0.2) is 0 Å². The molecule has 1 aromatic rings. The van der Waals surface area contributed by atoms with Crippen molar-refractivity contribution in [2.75, 3.05) is 26.3 Å². The average molecular weight is 324 g/mol. The molecule has 0 radical (unpaired) electrons. The van der Waals surface area contributed by atoms with E-state index in [-0.39, 0.29) is 18.0 Å². The van der Waals surface area contributed by atoms with E-state index in [1.54, 1.807) is 0 Å². The third kappa shape index (κ3) is 3.51. The Morgan fingerprint density at radius 1 is 1.36 bits per heavy atom. The Kier molecular flexibility index (Phi) is 5.13. The summed E-state index contributed by atoms with van der Waals surface area (Å²) in [6.07, 6.45) is 2.37. The summed E-state index contributed by atoms with van der Waals surface area (Å²) >= 11 is 1.49. The molecule has 1 aromatic heterocycles. The lowest BCUT2D eigenvalue weighted by Gasteiger charge is -2.42. The number of morpholine rings is 1. The van der Waals surface area contributed by atoms with E-state index in [4.69, 9.17) is 4.74 Å². The highest BCUT2D eigenvalue weighted by atomic mass is 32.1. The fraction of sp³-hybridized carbons (Fsp3) is 0.688. The highest BCUT2D eigenvalue weighted by molar-refractivity contribution is 7.13. The lowest BCUT2D eigenvalue weighted by Crippen LogP contribution is -2.58. The Morgan fingerprint density at radius 2 is 2.14 bits per heavy atom. The number of amides is 1. The third-order valence-corrected chi connectivity index (χ3v) is 5.62. The first-order valence-electron chi connectivity index (χ1n) is 8.02. The molecule has 2 aliphatic rings. The van der Waals surface area contributed by atoms with Gasteiger partial charge < -0.3 is 15.2 Å². The fourth-order valence-corrected chi connectivity index (χ4v) is 4.19. The van der Waals surface area contributed by atoms with Crippen LogP contribution < -0.4 is 5.32 Å². The molecule has 0 unspecified atom stereocenters. The minimum Gasteiger partial charge on any atom is -0.389 e. The minimum absolute atomic E-state index is 0.0650. The molecule has 3 atom stereocenters. The molecule has 1 aliphatic carbocycles. The molecule has 2 N–H and O–H groups in total. The van der Waals surface area contributed by atoms with E-state index >= 15 is 0 Å². The third-order valence-electron chi connectivity index (χ3n) is 4.62. The quantitative estimate of drug-likeness (QED) is 0.882. The van der Waals surface area contributed by atoms with Gasteiger partial charge in [-0.2, -0.15) is 0 Å². The first-order chi connectivity index (χ1) is 10.6. The van der Waals surface area contributed by atoms with Crippen molar-refractivity contribution in [3.63, 3.8) is 0 Å². The first kappa shape index (κ1) is 15.9. The fourth-order valence-electron chi connectivity index (χ4n) is 3.42. The van der Waals surface area contributed by atoms with Crippen LogP contribution >= 0.6 is 11.3 Å². The van der Waals surface area contributed by atoms with E-state index in [1.807, 2.05) is 19.1 Å². The predicted octanol–water partition coefficient (Wildman–Crippen LogP) is 1.40. The van der Waals surface area contributed by atoms with E-state index in [2.05, 4.69) is 10.2 Å². The van der Waals surface area contributed by atoms with Gasteiger partial charge in [0.1, 0.15) is 0 Å². The van der Waals surface area contributed by atoms with Crippen molar-refractivity contribution < 1.29 is 14.6 Å². The summed E-state index contributed by atoms with van der Waals surface area (Å²) in [5, 5.41) is 13.7. The van der Waals surface area contributed by atoms with Gasteiger partial charge in [0.15, 0.2) is 0 Å².